The standard InChI is InChI=1S/C6H3ClFNO3.C6H5ClFNO.H2/c7-3-1-4(8)5(9(11)12)2-6(3)10;7-3-1-4(8)5(9)2-6(3)10;/h1-2,10H;1-2,10H,9H2;1H. The molecule has 10 heteroatoms. The van der Waals surface area contributed by atoms with E-state index in [1.54, 1.807) is 0 Å². The minimum atomic E-state index is -1.07. The van der Waals surface area contributed by atoms with Crippen LogP contribution in [0.25, 0.3) is 0 Å². The number of nitro benzene ring substituents is 1. The fourth-order valence-electron chi connectivity index (χ4n) is 1.22. The molecule has 0 saturated heterocycles. The zero-order valence-electron chi connectivity index (χ0n) is 10.6. The van der Waals surface area contributed by atoms with Gasteiger partial charge >= 0.3 is 5.69 Å². The maximum atomic E-state index is 12.6. The Morgan fingerprint density at radius 1 is 1.05 bits per heavy atom. The molecule has 120 valence electrons. The number of nitrogens with two attached hydrogens (primary N) is 1. The second-order valence-electron chi connectivity index (χ2n) is 3.84. The molecule has 0 aliphatic rings. The van der Waals surface area contributed by atoms with Gasteiger partial charge in [0.05, 0.1) is 26.7 Å². The molecule has 0 amide bonds. The highest BCUT2D eigenvalue weighted by atomic mass is 35.5. The molecule has 22 heavy (non-hydrogen) atoms. The number of nitrogen functional groups attached to an aromatic ring is 1. The predicted molar refractivity (Wildman–Crippen MR) is 79.3 cm³/mol. The summed E-state index contributed by atoms with van der Waals surface area (Å²) in [5, 5.41) is 27.5. The van der Waals surface area contributed by atoms with E-state index in [2.05, 4.69) is 0 Å². The number of rotatable bonds is 1. The number of hydrogen-bond donors (Lipinski definition) is 3. The average molecular weight is 355 g/mol. The first kappa shape index (κ1) is 17.7. The van der Waals surface area contributed by atoms with Crippen LogP contribution in [0.15, 0.2) is 24.3 Å². The van der Waals surface area contributed by atoms with Crippen molar-refractivity contribution in [3.05, 3.63) is 56.1 Å². The fraction of sp³-hybridized carbons (Fsp3) is 0. The lowest BCUT2D eigenvalue weighted by Gasteiger charge is -1.98. The minimum Gasteiger partial charge on any atom is -0.506 e. The van der Waals surface area contributed by atoms with Gasteiger partial charge in [-0.15, -0.1) is 0 Å². The first-order valence-electron chi connectivity index (χ1n) is 5.39. The van der Waals surface area contributed by atoms with Crippen molar-refractivity contribution >= 4 is 34.6 Å². The Hall–Kier alpha value is -2.32. The summed E-state index contributed by atoms with van der Waals surface area (Å²) in [6.07, 6.45) is 0. The topological polar surface area (TPSA) is 110 Å². The lowest BCUT2D eigenvalue weighted by atomic mass is 10.3. The second-order valence-corrected chi connectivity index (χ2v) is 4.65. The number of anilines is 1. The molecule has 0 aliphatic carbocycles. The van der Waals surface area contributed by atoms with Crippen molar-refractivity contribution in [1.82, 2.24) is 0 Å². The first-order valence-corrected chi connectivity index (χ1v) is 6.15. The molecule has 4 N–H and O–H groups in total. The monoisotopic (exact) mass is 354 g/mol. The van der Waals surface area contributed by atoms with Crippen molar-refractivity contribution in [3.8, 4) is 11.5 Å². The summed E-state index contributed by atoms with van der Waals surface area (Å²) in [5.74, 6) is -2.41. The summed E-state index contributed by atoms with van der Waals surface area (Å²) < 4.78 is 25.1. The van der Waals surface area contributed by atoms with Gasteiger partial charge < -0.3 is 15.9 Å². The third-order valence-corrected chi connectivity index (χ3v) is 2.88. The highest BCUT2D eigenvalue weighted by Crippen LogP contribution is 2.30. The lowest BCUT2D eigenvalue weighted by molar-refractivity contribution is -0.387. The van der Waals surface area contributed by atoms with Gasteiger partial charge in [0, 0.05) is 13.6 Å². The van der Waals surface area contributed by atoms with E-state index < -0.39 is 28.0 Å². The van der Waals surface area contributed by atoms with E-state index in [0.29, 0.717) is 12.1 Å². The van der Waals surface area contributed by atoms with Gasteiger partial charge in [0.15, 0.2) is 0 Å². The molecular formula is C12H10Cl2F2N2O4. The molecule has 0 bridgehead atoms. The third kappa shape index (κ3) is 4.34. The summed E-state index contributed by atoms with van der Waals surface area (Å²) in [6.45, 7) is 0. The number of phenolic OH excluding ortho intramolecular Hbond substituents is 2. The molecular weight excluding hydrogens is 345 g/mol. The van der Waals surface area contributed by atoms with E-state index in [4.69, 9.17) is 39.1 Å². The van der Waals surface area contributed by atoms with Crippen molar-refractivity contribution < 1.29 is 25.3 Å². The van der Waals surface area contributed by atoms with Crippen molar-refractivity contribution in [2.45, 2.75) is 0 Å². The number of phenols is 2. The van der Waals surface area contributed by atoms with Crippen LogP contribution in [0.2, 0.25) is 10.0 Å². The van der Waals surface area contributed by atoms with E-state index in [-0.39, 0.29) is 22.9 Å². The van der Waals surface area contributed by atoms with Crippen LogP contribution in [0.3, 0.4) is 0 Å². The zero-order valence-corrected chi connectivity index (χ0v) is 12.1. The molecule has 2 aromatic carbocycles. The van der Waals surface area contributed by atoms with Gasteiger partial charge in [-0.2, -0.15) is 4.39 Å². The molecule has 0 spiro atoms. The molecule has 0 radical (unpaired) electrons. The molecule has 2 rings (SSSR count). The van der Waals surface area contributed by atoms with E-state index in [0.717, 1.165) is 12.1 Å². The molecule has 0 aliphatic heterocycles. The number of hydrogen-bond acceptors (Lipinski definition) is 5. The average Bonchev–Trinajstić information content (AvgIpc) is 2.41. The van der Waals surface area contributed by atoms with E-state index in [9.17, 15) is 18.9 Å². The Morgan fingerprint density at radius 3 is 1.95 bits per heavy atom. The predicted octanol–water partition coefficient (Wildman–Crippen LogP) is 4.11. The zero-order chi connectivity index (χ0) is 17.0. The fourth-order valence-corrected chi connectivity index (χ4v) is 1.52. The highest BCUT2D eigenvalue weighted by molar-refractivity contribution is 6.32. The van der Waals surface area contributed by atoms with Gasteiger partial charge in [-0.1, -0.05) is 23.2 Å². The van der Waals surface area contributed by atoms with Crippen molar-refractivity contribution in [3.63, 3.8) is 0 Å². The van der Waals surface area contributed by atoms with Crippen LogP contribution < -0.4 is 5.73 Å². The Labute approximate surface area is 133 Å². The Kier molecular flexibility index (Phi) is 5.72. The molecule has 6 nitrogen and oxygen atoms in total. The molecule has 0 aromatic heterocycles. The molecule has 2 aromatic rings. The van der Waals surface area contributed by atoms with E-state index in [1.807, 2.05) is 0 Å². The summed E-state index contributed by atoms with van der Waals surface area (Å²) in [5.41, 5.74) is 4.19. The minimum absolute atomic E-state index is 0. The number of benzene rings is 2. The lowest BCUT2D eigenvalue weighted by Crippen LogP contribution is -1.91. The van der Waals surface area contributed by atoms with Gasteiger partial charge in [-0.25, -0.2) is 4.39 Å². The van der Waals surface area contributed by atoms with Crippen LogP contribution in [0.5, 0.6) is 11.5 Å². The van der Waals surface area contributed by atoms with Gasteiger partial charge in [0.1, 0.15) is 17.3 Å². The SMILES string of the molecule is Nc1cc(O)c(Cl)cc1F.O=[N+]([O-])c1cc(O)c(Cl)cc1F.[HH]. The van der Waals surface area contributed by atoms with Gasteiger partial charge in [0.25, 0.3) is 0 Å². The van der Waals surface area contributed by atoms with Crippen LogP contribution in [0, 0.1) is 21.7 Å². The smallest absolute Gasteiger partial charge is 0.308 e. The normalized spacial score (nSPS) is 9.82. The molecule has 0 atom stereocenters. The summed E-state index contributed by atoms with van der Waals surface area (Å²) in [4.78, 5) is 9.16. The quantitative estimate of drug-likeness (QED) is 0.405. The number of nitrogens with zero attached hydrogens (tertiary/aromatic N) is 1. The maximum Gasteiger partial charge on any atom is 0.308 e. The van der Waals surface area contributed by atoms with Crippen LogP contribution >= 0.6 is 23.2 Å². The second kappa shape index (κ2) is 7.10. The van der Waals surface area contributed by atoms with Gasteiger partial charge in [-0.05, 0) is 6.07 Å². The molecule has 0 heterocycles. The summed E-state index contributed by atoms with van der Waals surface area (Å²) >= 11 is 10.6. The Morgan fingerprint density at radius 2 is 1.50 bits per heavy atom. The Bertz CT molecular complexity index is 684. The van der Waals surface area contributed by atoms with Crippen LogP contribution in [0.1, 0.15) is 1.43 Å². The summed E-state index contributed by atoms with van der Waals surface area (Å²) in [7, 11) is 0. The van der Waals surface area contributed by atoms with Gasteiger partial charge in [-0.3, -0.25) is 10.1 Å². The van der Waals surface area contributed by atoms with Crippen molar-refractivity contribution in [2.24, 2.45) is 0 Å². The maximum absolute atomic E-state index is 12.6. The van der Waals surface area contributed by atoms with E-state index >= 15 is 0 Å². The molecule has 0 saturated carbocycles. The van der Waals surface area contributed by atoms with Crippen molar-refractivity contribution in [2.75, 3.05) is 5.73 Å². The number of aromatic hydroxyl groups is 2. The van der Waals surface area contributed by atoms with Gasteiger partial charge in [0.2, 0.25) is 5.82 Å². The Balaban J connectivity index is 0.000000409. The highest BCUT2D eigenvalue weighted by Gasteiger charge is 2.16. The number of nitro groups is 1. The molecule has 0 unspecified atom stereocenters. The van der Waals surface area contributed by atoms with E-state index in [1.165, 1.54) is 0 Å². The van der Waals surface area contributed by atoms with Crippen LogP contribution in [0.4, 0.5) is 20.2 Å². The first-order chi connectivity index (χ1) is 10.1. The summed E-state index contributed by atoms with van der Waals surface area (Å²) in [6, 6.07) is 3.39. The van der Waals surface area contributed by atoms with Crippen molar-refractivity contribution in [1.29, 1.82) is 0 Å². The largest absolute Gasteiger partial charge is 0.506 e. The third-order valence-electron chi connectivity index (χ3n) is 2.28. The molecule has 0 fully saturated rings. The van der Waals surface area contributed by atoms with Crippen LogP contribution in [-0.2, 0) is 0 Å². The van der Waals surface area contributed by atoms with Crippen LogP contribution in [-0.4, -0.2) is 15.1 Å². The number of halogens is 4.